The van der Waals surface area contributed by atoms with Crippen molar-refractivity contribution in [3.05, 3.63) is 24.3 Å². The Morgan fingerprint density at radius 2 is 1.86 bits per heavy atom. The van der Waals surface area contributed by atoms with E-state index in [9.17, 15) is 25.2 Å². The molecule has 0 radical (unpaired) electrons. The summed E-state index contributed by atoms with van der Waals surface area (Å²) in [5, 5.41) is 42.1. The van der Waals surface area contributed by atoms with Gasteiger partial charge in [0.1, 0.15) is 18.3 Å². The Kier molecular flexibility index (Phi) is 7.30. The van der Waals surface area contributed by atoms with Crippen molar-refractivity contribution < 1.29 is 39.4 Å². The maximum absolute atomic E-state index is 12.0. The minimum atomic E-state index is -1.63. The number of hydrogen-bond donors (Lipinski definition) is 4. The van der Waals surface area contributed by atoms with Crippen molar-refractivity contribution in [1.82, 2.24) is 0 Å². The molecule has 8 nitrogen and oxygen atoms in total. The van der Waals surface area contributed by atoms with Crippen molar-refractivity contribution >= 4 is 5.97 Å². The van der Waals surface area contributed by atoms with Gasteiger partial charge in [0.15, 0.2) is 12.4 Å². The molecule has 4 rings (SSSR count). The number of rotatable bonds is 5. The summed E-state index contributed by atoms with van der Waals surface area (Å²) < 4.78 is 16.2. The summed E-state index contributed by atoms with van der Waals surface area (Å²) in [4.78, 5) is 12.0. The van der Waals surface area contributed by atoms with E-state index in [2.05, 4.69) is 37.3 Å². The van der Waals surface area contributed by atoms with Gasteiger partial charge in [-0.1, -0.05) is 38.5 Å². The van der Waals surface area contributed by atoms with Crippen molar-refractivity contribution in [2.24, 2.45) is 28.1 Å². The third-order valence-corrected chi connectivity index (χ3v) is 9.84. The molecule has 0 spiro atoms. The lowest BCUT2D eigenvalue weighted by atomic mass is 9.45. The van der Waals surface area contributed by atoms with Crippen LogP contribution in [0.3, 0.4) is 0 Å². The van der Waals surface area contributed by atoms with Gasteiger partial charge in [-0.15, -0.1) is 6.58 Å². The molecule has 0 aromatic heterocycles. The monoisotopic (exact) mass is 494 g/mol. The van der Waals surface area contributed by atoms with Gasteiger partial charge in [0.2, 0.25) is 0 Å². The highest BCUT2D eigenvalue weighted by atomic mass is 16.7. The number of hydrogen-bond acceptors (Lipinski definition) is 8. The van der Waals surface area contributed by atoms with Crippen molar-refractivity contribution in [1.29, 1.82) is 0 Å². The van der Waals surface area contributed by atoms with Gasteiger partial charge in [0.05, 0.1) is 19.8 Å². The van der Waals surface area contributed by atoms with Crippen molar-refractivity contribution in [3.8, 4) is 0 Å². The number of fused-ring (bicyclic) bond motifs is 3. The minimum absolute atomic E-state index is 0.000219. The molecule has 3 aliphatic carbocycles. The van der Waals surface area contributed by atoms with Crippen LogP contribution in [-0.4, -0.2) is 76.9 Å². The normalized spacial score (nSPS) is 49.9. The number of esters is 1. The molecule has 3 fully saturated rings. The Balaban J connectivity index is 1.55. The van der Waals surface area contributed by atoms with E-state index in [1.165, 1.54) is 5.57 Å². The fraction of sp³-hybridized carbons (Fsp3) is 0.815. The van der Waals surface area contributed by atoms with E-state index in [4.69, 9.17) is 9.47 Å². The Morgan fingerprint density at radius 1 is 1.14 bits per heavy atom. The van der Waals surface area contributed by atoms with Crippen LogP contribution in [0, 0.1) is 28.1 Å². The van der Waals surface area contributed by atoms with Gasteiger partial charge in [-0.2, -0.15) is 0 Å². The molecule has 0 aromatic rings. The van der Waals surface area contributed by atoms with E-state index >= 15 is 0 Å². The van der Waals surface area contributed by atoms with E-state index in [1.54, 1.807) is 0 Å². The highest BCUT2D eigenvalue weighted by Gasteiger charge is 2.59. The Morgan fingerprint density at radius 3 is 2.51 bits per heavy atom. The summed E-state index contributed by atoms with van der Waals surface area (Å²) >= 11 is 0. The fourth-order valence-corrected chi connectivity index (χ4v) is 7.40. The quantitative estimate of drug-likeness (QED) is 0.338. The molecule has 1 heterocycles. The molecular weight excluding hydrogens is 452 g/mol. The van der Waals surface area contributed by atoms with E-state index in [0.717, 1.165) is 39.2 Å². The molecule has 35 heavy (non-hydrogen) atoms. The van der Waals surface area contributed by atoms with E-state index < -0.39 is 48.2 Å². The number of aliphatic hydroxyl groups excluding tert-OH is 4. The van der Waals surface area contributed by atoms with Gasteiger partial charge in [-0.05, 0) is 61.2 Å². The number of aliphatic hydroxyl groups is 4. The van der Waals surface area contributed by atoms with Gasteiger partial charge < -0.3 is 34.6 Å². The zero-order valence-corrected chi connectivity index (χ0v) is 21.4. The standard InChI is InChI=1S/C27H42O8/c1-6-25(2)11-9-16-15(13-25)7-8-17-26(16,3)12-10-18(28)27(17,4)14-34-24-21(31)19(29)20(30)22(35-24)23(32)33-5/h6-7,16-22,24,28-31H,1,8-14H2,2-5H3/t16?,17-,18+,19+,20+,21+,22+,24-,25+,26-,27-/m1/s1. The van der Waals surface area contributed by atoms with Gasteiger partial charge >= 0.3 is 5.97 Å². The van der Waals surface area contributed by atoms with Crippen molar-refractivity contribution in [3.63, 3.8) is 0 Å². The molecular formula is C27H42O8. The predicted octanol–water partition coefficient (Wildman–Crippen LogP) is 2.09. The second-order valence-electron chi connectivity index (χ2n) is 12.0. The smallest absolute Gasteiger partial charge is 0.337 e. The van der Waals surface area contributed by atoms with Gasteiger partial charge in [0, 0.05) is 5.41 Å². The fourth-order valence-electron chi connectivity index (χ4n) is 7.40. The highest BCUT2D eigenvalue weighted by Crippen LogP contribution is 2.63. The first-order chi connectivity index (χ1) is 16.4. The lowest BCUT2D eigenvalue weighted by Gasteiger charge is -2.61. The van der Waals surface area contributed by atoms with Crippen LogP contribution in [-0.2, 0) is 19.0 Å². The van der Waals surface area contributed by atoms with Crippen molar-refractivity contribution in [2.75, 3.05) is 13.7 Å². The van der Waals surface area contributed by atoms with E-state index in [-0.39, 0.29) is 23.4 Å². The summed E-state index contributed by atoms with van der Waals surface area (Å²) in [5.74, 6) is -0.270. The van der Waals surface area contributed by atoms with Gasteiger partial charge in [0.25, 0.3) is 0 Å². The first kappa shape index (κ1) is 26.8. The number of allylic oxidation sites excluding steroid dienone is 3. The number of carbonyl (C=O) groups excluding carboxylic acids is 1. The molecule has 1 aliphatic heterocycles. The van der Waals surface area contributed by atoms with E-state index in [1.807, 2.05) is 6.92 Å². The Labute approximate surface area is 208 Å². The second kappa shape index (κ2) is 9.54. The molecule has 1 saturated heterocycles. The molecule has 4 aliphatic rings. The van der Waals surface area contributed by atoms with Crippen LogP contribution >= 0.6 is 0 Å². The second-order valence-corrected chi connectivity index (χ2v) is 12.0. The number of methoxy groups -OCH3 is 1. The third-order valence-electron chi connectivity index (χ3n) is 9.84. The zero-order chi connectivity index (χ0) is 25.8. The maximum Gasteiger partial charge on any atom is 0.337 e. The Hall–Kier alpha value is -1.29. The number of carbonyl (C=O) groups is 1. The summed E-state index contributed by atoms with van der Waals surface area (Å²) in [6, 6.07) is 0. The molecule has 0 bridgehead atoms. The number of ether oxygens (including phenoxy) is 3. The first-order valence-corrected chi connectivity index (χ1v) is 12.8. The highest BCUT2D eigenvalue weighted by molar-refractivity contribution is 5.75. The van der Waals surface area contributed by atoms with Crippen LogP contribution in [0.1, 0.15) is 59.3 Å². The van der Waals surface area contributed by atoms with E-state index in [0.29, 0.717) is 12.3 Å². The first-order valence-electron chi connectivity index (χ1n) is 12.8. The molecule has 1 unspecified atom stereocenters. The van der Waals surface area contributed by atoms with Crippen LogP contribution in [0.15, 0.2) is 24.3 Å². The molecule has 11 atom stereocenters. The summed E-state index contributed by atoms with van der Waals surface area (Å²) in [6.07, 6.45) is 1.82. The average Bonchev–Trinajstić information content (AvgIpc) is 2.84. The van der Waals surface area contributed by atoms with Gasteiger partial charge in [-0.3, -0.25) is 0 Å². The lowest BCUT2D eigenvalue weighted by molar-refractivity contribution is -0.306. The van der Waals surface area contributed by atoms with Gasteiger partial charge in [-0.25, -0.2) is 4.79 Å². The van der Waals surface area contributed by atoms with Crippen molar-refractivity contribution in [2.45, 2.75) is 96.1 Å². The molecule has 0 amide bonds. The summed E-state index contributed by atoms with van der Waals surface area (Å²) in [7, 11) is 1.15. The largest absolute Gasteiger partial charge is 0.467 e. The van der Waals surface area contributed by atoms with Crippen LogP contribution in [0.2, 0.25) is 0 Å². The average molecular weight is 495 g/mol. The maximum atomic E-state index is 12.0. The van der Waals surface area contributed by atoms with Crippen LogP contribution in [0.4, 0.5) is 0 Å². The zero-order valence-electron chi connectivity index (χ0n) is 21.4. The SMILES string of the molecule is C=C[C@@]1(C)CCC2C(=CC[C@H]3[C@@](C)(CO[C@@H]4O[C@H](C(=O)OC)[C@@H](O)[C@H](O)[C@@H]4O)[C@@H](O)CC[C@]23C)C1. The van der Waals surface area contributed by atoms with Crippen LogP contribution < -0.4 is 0 Å². The molecule has 198 valence electrons. The summed E-state index contributed by atoms with van der Waals surface area (Å²) in [5.41, 5.74) is 1.00. The van der Waals surface area contributed by atoms with Crippen LogP contribution in [0.25, 0.3) is 0 Å². The molecule has 0 aromatic carbocycles. The third kappa shape index (κ3) is 4.40. The lowest BCUT2D eigenvalue weighted by Crippen LogP contribution is -2.62. The molecule has 8 heteroatoms. The minimum Gasteiger partial charge on any atom is -0.467 e. The molecule has 4 N–H and O–H groups in total. The summed E-state index contributed by atoms with van der Waals surface area (Å²) in [6.45, 7) is 10.8. The Bertz CT molecular complexity index is 858. The topological polar surface area (TPSA) is 126 Å². The molecule has 2 saturated carbocycles. The predicted molar refractivity (Wildman–Crippen MR) is 128 cm³/mol. The van der Waals surface area contributed by atoms with Crippen LogP contribution in [0.5, 0.6) is 0 Å².